The first-order valence-corrected chi connectivity index (χ1v) is 6.69. The Morgan fingerprint density at radius 2 is 2.20 bits per heavy atom. The van der Waals surface area contributed by atoms with Crippen molar-refractivity contribution in [2.75, 3.05) is 6.54 Å². The molecule has 0 saturated heterocycles. The first-order chi connectivity index (χ1) is 9.66. The van der Waals surface area contributed by atoms with Crippen molar-refractivity contribution in [1.82, 2.24) is 20.6 Å². The number of carboxylic acids is 1. The number of aromatic carboxylic acids is 1. The van der Waals surface area contributed by atoms with Crippen molar-refractivity contribution in [3.63, 3.8) is 0 Å². The van der Waals surface area contributed by atoms with Gasteiger partial charge >= 0.3 is 5.97 Å². The van der Waals surface area contributed by atoms with Crippen molar-refractivity contribution in [2.24, 2.45) is 0 Å². The average molecular weight is 278 g/mol. The molecule has 7 nitrogen and oxygen atoms in total. The summed E-state index contributed by atoms with van der Waals surface area (Å²) in [6, 6.07) is 0.398. The van der Waals surface area contributed by atoms with Crippen molar-refractivity contribution in [2.45, 2.75) is 38.3 Å². The predicted molar refractivity (Wildman–Crippen MR) is 71.1 cm³/mol. The second kappa shape index (κ2) is 6.95. The smallest absolute Gasteiger partial charge is 0.339 e. The number of aromatic nitrogens is 2. The van der Waals surface area contributed by atoms with E-state index in [1.54, 1.807) is 0 Å². The van der Waals surface area contributed by atoms with Gasteiger partial charge in [0.1, 0.15) is 11.9 Å². The summed E-state index contributed by atoms with van der Waals surface area (Å²) in [5.74, 6) is -0.950. The van der Waals surface area contributed by atoms with E-state index < -0.39 is 5.97 Å². The van der Waals surface area contributed by atoms with Crippen LogP contribution in [-0.2, 0) is 11.3 Å². The lowest BCUT2D eigenvalue weighted by atomic mass is 10.2. The van der Waals surface area contributed by atoms with Crippen molar-refractivity contribution >= 4 is 11.9 Å². The summed E-state index contributed by atoms with van der Waals surface area (Å²) in [6.07, 6.45) is 6.00. The fourth-order valence-electron chi connectivity index (χ4n) is 1.78. The molecule has 108 valence electrons. The van der Waals surface area contributed by atoms with Gasteiger partial charge in [-0.1, -0.05) is 0 Å². The molecule has 0 radical (unpaired) electrons. The number of carboxylic acid groups (broad SMARTS) is 1. The molecule has 0 bridgehead atoms. The molecule has 7 heteroatoms. The topological polar surface area (TPSA) is 104 Å². The molecule has 0 atom stereocenters. The number of hydrogen-bond donors (Lipinski definition) is 3. The van der Waals surface area contributed by atoms with Crippen LogP contribution in [0, 0.1) is 0 Å². The highest BCUT2D eigenvalue weighted by atomic mass is 16.4. The monoisotopic (exact) mass is 278 g/mol. The normalized spacial score (nSPS) is 14.0. The van der Waals surface area contributed by atoms with Crippen LogP contribution in [0.2, 0.25) is 0 Å². The number of rotatable bonds is 8. The predicted octanol–water partition coefficient (Wildman–Crippen LogP) is 0.323. The summed E-state index contributed by atoms with van der Waals surface area (Å²) in [5.41, 5.74) is 0.557. The van der Waals surface area contributed by atoms with Gasteiger partial charge in [0.2, 0.25) is 5.91 Å². The zero-order valence-corrected chi connectivity index (χ0v) is 11.1. The Bertz CT molecular complexity index is 488. The van der Waals surface area contributed by atoms with Crippen LogP contribution in [0.1, 0.15) is 41.7 Å². The van der Waals surface area contributed by atoms with Gasteiger partial charge in [-0.2, -0.15) is 0 Å². The molecule has 1 aliphatic rings. The summed E-state index contributed by atoms with van der Waals surface area (Å²) in [7, 11) is 0. The van der Waals surface area contributed by atoms with Gasteiger partial charge in [0, 0.05) is 25.2 Å². The van der Waals surface area contributed by atoms with Crippen LogP contribution in [-0.4, -0.2) is 39.5 Å². The minimum absolute atomic E-state index is 0.0857. The molecule has 1 aromatic rings. The van der Waals surface area contributed by atoms with Crippen molar-refractivity contribution < 1.29 is 14.7 Å². The summed E-state index contributed by atoms with van der Waals surface area (Å²) in [4.78, 5) is 30.0. The number of nitrogens with zero attached hydrogens (tertiary/aromatic N) is 2. The van der Waals surface area contributed by atoms with Gasteiger partial charge in [-0.25, -0.2) is 14.8 Å². The molecule has 0 aromatic carbocycles. The van der Waals surface area contributed by atoms with Gasteiger partial charge in [0.15, 0.2) is 0 Å². The van der Waals surface area contributed by atoms with Crippen LogP contribution in [0.15, 0.2) is 12.5 Å². The highest BCUT2D eigenvalue weighted by Gasteiger charge is 2.22. The fraction of sp³-hybridized carbons (Fsp3) is 0.538. The Balaban J connectivity index is 1.65. The molecule has 0 spiro atoms. The van der Waals surface area contributed by atoms with Gasteiger partial charge in [-0.15, -0.1) is 0 Å². The Morgan fingerprint density at radius 3 is 2.90 bits per heavy atom. The Hall–Kier alpha value is -2.02. The maximum Gasteiger partial charge on any atom is 0.339 e. The molecule has 1 aliphatic carbocycles. The third-order valence-corrected chi connectivity index (χ3v) is 3.02. The van der Waals surface area contributed by atoms with Crippen LogP contribution in [0.25, 0.3) is 0 Å². The molecule has 1 fully saturated rings. The van der Waals surface area contributed by atoms with E-state index in [-0.39, 0.29) is 11.5 Å². The number of hydrogen-bond acceptors (Lipinski definition) is 5. The summed E-state index contributed by atoms with van der Waals surface area (Å²) < 4.78 is 0. The van der Waals surface area contributed by atoms with Gasteiger partial charge < -0.3 is 15.7 Å². The SMILES string of the molecule is O=C(CCCNCc1ncncc1C(=O)O)NC1CC1. The molecule has 1 saturated carbocycles. The minimum Gasteiger partial charge on any atom is -0.478 e. The van der Waals surface area contributed by atoms with E-state index in [0.29, 0.717) is 37.7 Å². The quantitative estimate of drug-likeness (QED) is 0.592. The zero-order valence-electron chi connectivity index (χ0n) is 11.1. The summed E-state index contributed by atoms with van der Waals surface area (Å²) >= 11 is 0. The maximum absolute atomic E-state index is 11.4. The van der Waals surface area contributed by atoms with Crippen LogP contribution in [0.3, 0.4) is 0 Å². The number of carbonyl (C=O) groups excluding carboxylic acids is 1. The number of nitrogens with one attached hydrogen (secondary N) is 2. The van der Waals surface area contributed by atoms with Gasteiger partial charge in [0.05, 0.1) is 5.69 Å². The van der Waals surface area contributed by atoms with Crippen LogP contribution in [0.4, 0.5) is 0 Å². The van der Waals surface area contributed by atoms with E-state index in [9.17, 15) is 9.59 Å². The molecule has 20 heavy (non-hydrogen) atoms. The van der Waals surface area contributed by atoms with Crippen molar-refractivity contribution in [3.8, 4) is 0 Å². The van der Waals surface area contributed by atoms with E-state index >= 15 is 0 Å². The van der Waals surface area contributed by atoms with Crippen molar-refractivity contribution in [3.05, 3.63) is 23.8 Å². The van der Waals surface area contributed by atoms with E-state index in [4.69, 9.17) is 5.11 Å². The molecule has 2 rings (SSSR count). The summed E-state index contributed by atoms with van der Waals surface area (Å²) in [6.45, 7) is 0.996. The lowest BCUT2D eigenvalue weighted by molar-refractivity contribution is -0.121. The van der Waals surface area contributed by atoms with E-state index in [0.717, 1.165) is 12.8 Å². The molecule has 1 aromatic heterocycles. The molecular weight excluding hydrogens is 260 g/mol. The van der Waals surface area contributed by atoms with E-state index in [2.05, 4.69) is 20.6 Å². The number of amides is 1. The standard InChI is InChI=1S/C13H18N4O3/c18-12(17-9-3-4-9)2-1-5-14-7-11-10(13(19)20)6-15-8-16-11/h6,8-9,14H,1-5,7H2,(H,17,18)(H,19,20). The second-order valence-electron chi connectivity index (χ2n) is 4.81. The number of carbonyl (C=O) groups is 2. The average Bonchev–Trinajstić information content (AvgIpc) is 3.22. The Kier molecular flexibility index (Phi) is 5.00. The lowest BCUT2D eigenvalue weighted by Crippen LogP contribution is -2.26. The van der Waals surface area contributed by atoms with Crippen LogP contribution < -0.4 is 10.6 Å². The highest BCUT2D eigenvalue weighted by Crippen LogP contribution is 2.18. The van der Waals surface area contributed by atoms with Crippen LogP contribution in [0.5, 0.6) is 0 Å². The maximum atomic E-state index is 11.4. The molecule has 0 unspecified atom stereocenters. The van der Waals surface area contributed by atoms with E-state index in [1.165, 1.54) is 12.5 Å². The first-order valence-electron chi connectivity index (χ1n) is 6.69. The molecular formula is C13H18N4O3. The second-order valence-corrected chi connectivity index (χ2v) is 4.81. The Labute approximate surface area is 116 Å². The highest BCUT2D eigenvalue weighted by molar-refractivity contribution is 5.88. The Morgan fingerprint density at radius 1 is 1.40 bits per heavy atom. The van der Waals surface area contributed by atoms with Gasteiger partial charge in [-0.05, 0) is 25.8 Å². The van der Waals surface area contributed by atoms with Crippen molar-refractivity contribution in [1.29, 1.82) is 0 Å². The van der Waals surface area contributed by atoms with E-state index in [1.807, 2.05) is 0 Å². The zero-order chi connectivity index (χ0) is 14.4. The summed E-state index contributed by atoms with van der Waals surface area (Å²) in [5, 5.41) is 15.0. The fourth-order valence-corrected chi connectivity index (χ4v) is 1.78. The third-order valence-electron chi connectivity index (χ3n) is 3.02. The van der Waals surface area contributed by atoms with Crippen LogP contribution >= 0.6 is 0 Å². The van der Waals surface area contributed by atoms with Gasteiger partial charge in [-0.3, -0.25) is 4.79 Å². The largest absolute Gasteiger partial charge is 0.478 e. The first kappa shape index (κ1) is 14.4. The third kappa shape index (κ3) is 4.58. The molecule has 3 N–H and O–H groups in total. The van der Waals surface area contributed by atoms with Gasteiger partial charge in [0.25, 0.3) is 0 Å². The molecule has 0 aliphatic heterocycles. The molecule has 1 amide bonds. The minimum atomic E-state index is -1.04. The lowest BCUT2D eigenvalue weighted by Gasteiger charge is -2.06. The molecule has 1 heterocycles.